The Labute approximate surface area is 117 Å². The van der Waals surface area contributed by atoms with Gasteiger partial charge in [0, 0.05) is 35.9 Å². The van der Waals surface area contributed by atoms with Crippen molar-refractivity contribution in [1.82, 2.24) is 10.3 Å². The molecule has 3 N–H and O–H groups in total. The number of aliphatic carboxylic acids is 1. The molecule has 2 aromatic rings. The maximum absolute atomic E-state index is 11.5. The van der Waals surface area contributed by atoms with Gasteiger partial charge in [0.15, 0.2) is 0 Å². The van der Waals surface area contributed by atoms with Gasteiger partial charge in [-0.1, -0.05) is 18.2 Å². The van der Waals surface area contributed by atoms with Gasteiger partial charge in [0.25, 0.3) is 0 Å². The molecule has 108 valence electrons. The number of benzene rings is 1. The standard InChI is InChI=1S/C15H20N2O3/c1-2-20-9-5-8-16-14(15(18)19)12-10-17-13-7-4-3-6-11(12)13/h3-4,6-7,10,14,16-17H,2,5,8-9H2,1H3,(H,18,19). The number of fused-ring (bicyclic) bond motifs is 1. The maximum atomic E-state index is 11.5. The highest BCUT2D eigenvalue weighted by atomic mass is 16.5. The molecule has 2 rings (SSSR count). The number of aromatic amines is 1. The molecule has 0 saturated heterocycles. The van der Waals surface area contributed by atoms with Crippen LogP contribution in [-0.4, -0.2) is 35.8 Å². The van der Waals surface area contributed by atoms with E-state index in [9.17, 15) is 9.90 Å². The van der Waals surface area contributed by atoms with Gasteiger partial charge in [-0.05, 0) is 26.0 Å². The SMILES string of the molecule is CCOCCCNC(C(=O)O)c1c[nH]c2ccccc12. The smallest absolute Gasteiger partial charge is 0.325 e. The van der Waals surface area contributed by atoms with E-state index in [1.807, 2.05) is 31.2 Å². The summed E-state index contributed by atoms with van der Waals surface area (Å²) in [7, 11) is 0. The molecule has 20 heavy (non-hydrogen) atoms. The zero-order chi connectivity index (χ0) is 14.4. The second kappa shape index (κ2) is 7.07. The minimum atomic E-state index is -0.869. The Kier molecular flexibility index (Phi) is 5.15. The van der Waals surface area contributed by atoms with Crippen molar-refractivity contribution in [2.24, 2.45) is 0 Å². The Bertz CT molecular complexity index is 565. The molecule has 0 saturated carbocycles. The molecule has 0 spiro atoms. The Balaban J connectivity index is 2.07. The average Bonchev–Trinajstić information content (AvgIpc) is 2.86. The second-order valence-corrected chi connectivity index (χ2v) is 4.57. The molecule has 0 aliphatic carbocycles. The summed E-state index contributed by atoms with van der Waals surface area (Å²) in [4.78, 5) is 14.6. The van der Waals surface area contributed by atoms with Crippen LogP contribution in [0.1, 0.15) is 24.9 Å². The summed E-state index contributed by atoms with van der Waals surface area (Å²) in [6.45, 7) is 3.88. The van der Waals surface area contributed by atoms with Crippen molar-refractivity contribution < 1.29 is 14.6 Å². The molecule has 5 nitrogen and oxygen atoms in total. The third-order valence-corrected chi connectivity index (χ3v) is 3.20. The van der Waals surface area contributed by atoms with Crippen LogP contribution in [0.2, 0.25) is 0 Å². The first kappa shape index (κ1) is 14.6. The first-order valence-electron chi connectivity index (χ1n) is 6.84. The molecule has 1 aromatic carbocycles. The Hall–Kier alpha value is -1.85. The van der Waals surface area contributed by atoms with Crippen molar-refractivity contribution in [2.45, 2.75) is 19.4 Å². The lowest BCUT2D eigenvalue weighted by Gasteiger charge is -2.14. The predicted octanol–water partition coefficient (Wildman–Crippen LogP) is 2.31. The van der Waals surface area contributed by atoms with Gasteiger partial charge in [0.05, 0.1) is 0 Å². The van der Waals surface area contributed by atoms with E-state index in [4.69, 9.17) is 4.74 Å². The van der Waals surface area contributed by atoms with Crippen LogP contribution in [0.3, 0.4) is 0 Å². The van der Waals surface area contributed by atoms with E-state index in [2.05, 4.69) is 10.3 Å². The first-order chi connectivity index (χ1) is 9.74. The van der Waals surface area contributed by atoms with Crippen LogP contribution in [-0.2, 0) is 9.53 Å². The summed E-state index contributed by atoms with van der Waals surface area (Å²) >= 11 is 0. The molecular weight excluding hydrogens is 256 g/mol. The summed E-state index contributed by atoms with van der Waals surface area (Å²) < 4.78 is 5.24. The van der Waals surface area contributed by atoms with Crippen LogP contribution in [0, 0.1) is 0 Å². The molecule has 1 heterocycles. The average molecular weight is 276 g/mol. The first-order valence-corrected chi connectivity index (χ1v) is 6.84. The zero-order valence-electron chi connectivity index (χ0n) is 11.6. The van der Waals surface area contributed by atoms with E-state index in [-0.39, 0.29) is 0 Å². The molecule has 0 fully saturated rings. The summed E-state index contributed by atoms with van der Waals surface area (Å²) in [6, 6.07) is 7.00. The fourth-order valence-electron chi connectivity index (χ4n) is 2.23. The van der Waals surface area contributed by atoms with Gasteiger partial charge in [0.2, 0.25) is 0 Å². The van der Waals surface area contributed by atoms with Crippen LogP contribution >= 0.6 is 0 Å². The highest BCUT2D eigenvalue weighted by Crippen LogP contribution is 2.24. The van der Waals surface area contributed by atoms with Crippen molar-refractivity contribution in [2.75, 3.05) is 19.8 Å². The van der Waals surface area contributed by atoms with Crippen LogP contribution in [0.15, 0.2) is 30.5 Å². The van der Waals surface area contributed by atoms with E-state index >= 15 is 0 Å². The van der Waals surface area contributed by atoms with E-state index in [0.29, 0.717) is 19.8 Å². The summed E-state index contributed by atoms with van der Waals surface area (Å²) in [5.74, 6) is -0.869. The fourth-order valence-corrected chi connectivity index (χ4v) is 2.23. The summed E-state index contributed by atoms with van der Waals surface area (Å²) in [5, 5.41) is 13.4. The van der Waals surface area contributed by atoms with Gasteiger partial charge in [-0.15, -0.1) is 0 Å². The van der Waals surface area contributed by atoms with Crippen LogP contribution in [0.5, 0.6) is 0 Å². The van der Waals surface area contributed by atoms with Crippen LogP contribution in [0.4, 0.5) is 0 Å². The largest absolute Gasteiger partial charge is 0.480 e. The zero-order valence-corrected chi connectivity index (χ0v) is 11.6. The normalized spacial score (nSPS) is 12.7. The minimum Gasteiger partial charge on any atom is -0.480 e. The Morgan fingerprint density at radius 1 is 1.45 bits per heavy atom. The molecule has 0 bridgehead atoms. The van der Waals surface area contributed by atoms with Crippen LogP contribution < -0.4 is 5.32 Å². The van der Waals surface area contributed by atoms with Gasteiger partial charge in [0.1, 0.15) is 6.04 Å². The lowest BCUT2D eigenvalue weighted by Crippen LogP contribution is -2.29. The van der Waals surface area contributed by atoms with E-state index < -0.39 is 12.0 Å². The van der Waals surface area contributed by atoms with Crippen molar-refractivity contribution >= 4 is 16.9 Å². The topological polar surface area (TPSA) is 74.3 Å². The lowest BCUT2D eigenvalue weighted by molar-refractivity contribution is -0.139. The van der Waals surface area contributed by atoms with E-state index in [1.54, 1.807) is 6.20 Å². The third-order valence-electron chi connectivity index (χ3n) is 3.20. The van der Waals surface area contributed by atoms with Gasteiger partial charge in [-0.25, -0.2) is 0 Å². The molecule has 0 aliphatic rings. The molecule has 1 atom stereocenters. The molecule has 5 heteroatoms. The van der Waals surface area contributed by atoms with E-state index in [1.165, 1.54) is 0 Å². The van der Waals surface area contributed by atoms with Crippen molar-refractivity contribution in [3.63, 3.8) is 0 Å². The number of para-hydroxylation sites is 1. The number of hydrogen-bond donors (Lipinski definition) is 3. The number of aromatic nitrogens is 1. The van der Waals surface area contributed by atoms with Crippen molar-refractivity contribution in [3.8, 4) is 0 Å². The van der Waals surface area contributed by atoms with Crippen LogP contribution in [0.25, 0.3) is 10.9 Å². The Morgan fingerprint density at radius 2 is 2.25 bits per heavy atom. The van der Waals surface area contributed by atoms with Gasteiger partial charge in [-0.3, -0.25) is 4.79 Å². The number of H-pyrrole nitrogens is 1. The highest BCUT2D eigenvalue weighted by Gasteiger charge is 2.21. The molecule has 0 amide bonds. The predicted molar refractivity (Wildman–Crippen MR) is 77.8 cm³/mol. The second-order valence-electron chi connectivity index (χ2n) is 4.57. The minimum absolute atomic E-state index is 0.608. The number of nitrogens with one attached hydrogen (secondary N) is 2. The molecule has 0 radical (unpaired) electrons. The number of hydrogen-bond acceptors (Lipinski definition) is 3. The number of carboxylic acids is 1. The number of carboxylic acid groups (broad SMARTS) is 1. The quantitative estimate of drug-likeness (QED) is 0.647. The van der Waals surface area contributed by atoms with Crippen molar-refractivity contribution in [1.29, 1.82) is 0 Å². The van der Waals surface area contributed by atoms with Gasteiger partial charge in [-0.2, -0.15) is 0 Å². The number of carbonyl (C=O) groups is 1. The fraction of sp³-hybridized carbons (Fsp3) is 0.400. The highest BCUT2D eigenvalue weighted by molar-refractivity contribution is 5.89. The maximum Gasteiger partial charge on any atom is 0.325 e. The molecular formula is C15H20N2O3. The van der Waals surface area contributed by atoms with Gasteiger partial charge >= 0.3 is 5.97 Å². The monoisotopic (exact) mass is 276 g/mol. The molecule has 1 unspecified atom stereocenters. The van der Waals surface area contributed by atoms with E-state index in [0.717, 1.165) is 22.9 Å². The van der Waals surface area contributed by atoms with Gasteiger partial charge < -0.3 is 20.1 Å². The third kappa shape index (κ3) is 3.37. The van der Waals surface area contributed by atoms with Crippen molar-refractivity contribution in [3.05, 3.63) is 36.0 Å². The number of rotatable bonds is 8. The summed E-state index contributed by atoms with van der Waals surface area (Å²) in [5.41, 5.74) is 1.72. The number of ether oxygens (including phenoxy) is 1. The molecule has 1 aromatic heterocycles. The Morgan fingerprint density at radius 3 is 3.00 bits per heavy atom. The molecule has 0 aliphatic heterocycles. The lowest BCUT2D eigenvalue weighted by atomic mass is 10.1. The summed E-state index contributed by atoms with van der Waals surface area (Å²) in [6.07, 6.45) is 2.55.